The van der Waals surface area contributed by atoms with Gasteiger partial charge in [-0.3, -0.25) is 4.79 Å². The van der Waals surface area contributed by atoms with E-state index in [1.165, 1.54) is 4.40 Å². The molecule has 0 saturated carbocycles. The van der Waals surface area contributed by atoms with E-state index in [1.54, 1.807) is 42.5 Å². The van der Waals surface area contributed by atoms with Crippen LogP contribution in [0.1, 0.15) is 0 Å². The first-order valence-electron chi connectivity index (χ1n) is 5.74. The van der Waals surface area contributed by atoms with Crippen molar-refractivity contribution in [2.24, 2.45) is 0 Å². The highest BCUT2D eigenvalue weighted by Crippen LogP contribution is 2.24. The highest BCUT2D eigenvalue weighted by Gasteiger charge is 2.14. The molecule has 0 spiro atoms. The van der Waals surface area contributed by atoms with Crippen molar-refractivity contribution >= 4 is 11.5 Å². The molecule has 0 aliphatic rings. The average Bonchev–Trinajstić information content (AvgIpc) is 2.39. The predicted octanol–water partition coefficient (Wildman–Crippen LogP) is 1.65. The van der Waals surface area contributed by atoms with E-state index in [4.69, 9.17) is 5.73 Å². The van der Waals surface area contributed by atoms with Gasteiger partial charge in [0.2, 0.25) is 5.88 Å². The molecule has 0 aliphatic carbocycles. The molecule has 2 aromatic heterocycles. The highest BCUT2D eigenvalue weighted by molar-refractivity contribution is 5.69. The van der Waals surface area contributed by atoms with Crippen LogP contribution in [0.15, 0.2) is 53.3 Å². The van der Waals surface area contributed by atoms with Crippen molar-refractivity contribution in [2.75, 3.05) is 5.73 Å². The number of pyridine rings is 1. The van der Waals surface area contributed by atoms with Crippen molar-refractivity contribution in [3.8, 4) is 17.0 Å². The molecule has 0 atom stereocenters. The molecule has 5 nitrogen and oxygen atoms in total. The third-order valence-corrected chi connectivity index (χ3v) is 2.92. The number of anilines is 1. The van der Waals surface area contributed by atoms with Gasteiger partial charge in [-0.05, 0) is 17.7 Å². The molecule has 3 rings (SSSR count). The summed E-state index contributed by atoms with van der Waals surface area (Å²) in [5, 5.41) is 9.97. The Morgan fingerprint density at radius 3 is 2.53 bits per heavy atom. The van der Waals surface area contributed by atoms with E-state index in [1.807, 2.05) is 6.07 Å². The van der Waals surface area contributed by atoms with Gasteiger partial charge in [-0.25, -0.2) is 4.40 Å². The fourth-order valence-corrected chi connectivity index (χ4v) is 2.05. The summed E-state index contributed by atoms with van der Waals surface area (Å²) in [7, 11) is 0. The number of nitrogen functional groups attached to an aromatic ring is 1. The van der Waals surface area contributed by atoms with Crippen molar-refractivity contribution < 1.29 is 5.11 Å². The molecule has 0 aliphatic heterocycles. The monoisotopic (exact) mass is 253 g/mol. The molecule has 1 aromatic carbocycles. The van der Waals surface area contributed by atoms with Gasteiger partial charge in [0, 0.05) is 0 Å². The molecule has 0 fully saturated rings. The lowest BCUT2D eigenvalue weighted by molar-refractivity contribution is 0.455. The van der Waals surface area contributed by atoms with Crippen LogP contribution < -0.4 is 11.3 Å². The fraction of sp³-hybridized carbons (Fsp3) is 0. The smallest absolute Gasteiger partial charge is 0.271 e. The van der Waals surface area contributed by atoms with E-state index < -0.39 is 0 Å². The number of hydrogen-bond acceptors (Lipinski definition) is 4. The zero-order valence-corrected chi connectivity index (χ0v) is 9.95. The van der Waals surface area contributed by atoms with Gasteiger partial charge < -0.3 is 10.8 Å². The summed E-state index contributed by atoms with van der Waals surface area (Å²) < 4.78 is 1.28. The van der Waals surface area contributed by atoms with Crippen molar-refractivity contribution in [2.45, 2.75) is 0 Å². The Hall–Kier alpha value is -2.82. The Kier molecular flexibility index (Phi) is 2.45. The lowest BCUT2D eigenvalue weighted by Crippen LogP contribution is -2.19. The molecule has 2 heterocycles. The Morgan fingerprint density at radius 1 is 1.05 bits per heavy atom. The Labute approximate surface area is 108 Å². The van der Waals surface area contributed by atoms with Crippen LogP contribution in [-0.4, -0.2) is 14.5 Å². The number of nitrogens with two attached hydrogens (primary N) is 1. The van der Waals surface area contributed by atoms with Crippen LogP contribution in [-0.2, 0) is 0 Å². The second-order valence-corrected chi connectivity index (χ2v) is 4.13. The molecule has 0 unspecified atom stereocenters. The molecule has 0 radical (unpaired) electrons. The fourth-order valence-electron chi connectivity index (χ4n) is 2.05. The van der Waals surface area contributed by atoms with E-state index >= 15 is 0 Å². The predicted molar refractivity (Wildman–Crippen MR) is 73.0 cm³/mol. The second-order valence-electron chi connectivity index (χ2n) is 4.13. The Morgan fingerprint density at radius 2 is 1.79 bits per heavy atom. The van der Waals surface area contributed by atoms with Crippen LogP contribution in [0.5, 0.6) is 5.88 Å². The maximum atomic E-state index is 12.5. The minimum atomic E-state index is -0.383. The lowest BCUT2D eigenvalue weighted by Gasteiger charge is -2.08. The van der Waals surface area contributed by atoms with Gasteiger partial charge in [-0.1, -0.05) is 36.4 Å². The third-order valence-electron chi connectivity index (χ3n) is 2.92. The second kappa shape index (κ2) is 4.13. The van der Waals surface area contributed by atoms with Crippen molar-refractivity contribution in [1.29, 1.82) is 0 Å². The van der Waals surface area contributed by atoms with E-state index in [0.717, 1.165) is 0 Å². The molecule has 3 aromatic rings. The zero-order chi connectivity index (χ0) is 13.4. The summed E-state index contributed by atoms with van der Waals surface area (Å²) in [6, 6.07) is 13.8. The number of nitrogens with zero attached hydrogens (tertiary/aromatic N) is 2. The first-order valence-corrected chi connectivity index (χ1v) is 5.74. The van der Waals surface area contributed by atoms with Gasteiger partial charge in [0.15, 0.2) is 0 Å². The number of benzene rings is 1. The standard InChI is InChI=1S/C14H11N3O2/c15-10-7-4-8-11-16-13(18)12(14(19)17(10)11)9-5-2-1-3-6-9/h1-8,18H,15H2. The summed E-state index contributed by atoms with van der Waals surface area (Å²) in [4.78, 5) is 16.5. The molecule has 19 heavy (non-hydrogen) atoms. The van der Waals surface area contributed by atoms with E-state index in [0.29, 0.717) is 11.2 Å². The minimum Gasteiger partial charge on any atom is -0.493 e. The number of aromatic hydroxyl groups is 1. The van der Waals surface area contributed by atoms with E-state index in [9.17, 15) is 9.90 Å². The first-order chi connectivity index (χ1) is 9.18. The summed E-state index contributed by atoms with van der Waals surface area (Å²) in [5.74, 6) is -0.00557. The summed E-state index contributed by atoms with van der Waals surface area (Å²) >= 11 is 0. The van der Waals surface area contributed by atoms with E-state index in [-0.39, 0.29) is 22.8 Å². The average molecular weight is 253 g/mol. The lowest BCUT2D eigenvalue weighted by atomic mass is 10.1. The minimum absolute atomic E-state index is 0.149. The van der Waals surface area contributed by atoms with Crippen LogP contribution in [0, 0.1) is 0 Å². The molecule has 5 heteroatoms. The number of aromatic nitrogens is 2. The SMILES string of the molecule is Nc1cccc2nc(O)c(-c3ccccc3)c(=O)n12. The number of fused-ring (bicyclic) bond motifs is 1. The van der Waals surface area contributed by atoms with Gasteiger partial charge in [0.1, 0.15) is 17.0 Å². The first kappa shape index (κ1) is 11.3. The van der Waals surface area contributed by atoms with Crippen LogP contribution >= 0.6 is 0 Å². The molecular formula is C14H11N3O2. The Bertz CT molecular complexity index is 810. The van der Waals surface area contributed by atoms with Crippen molar-refractivity contribution in [1.82, 2.24) is 9.38 Å². The third kappa shape index (κ3) is 1.72. The number of hydrogen-bond donors (Lipinski definition) is 2. The molecule has 94 valence electrons. The Balaban J connectivity index is 2.45. The molecule has 3 N–H and O–H groups in total. The van der Waals surface area contributed by atoms with Crippen LogP contribution in [0.3, 0.4) is 0 Å². The summed E-state index contributed by atoms with van der Waals surface area (Å²) in [6.07, 6.45) is 0. The molecular weight excluding hydrogens is 242 g/mol. The zero-order valence-electron chi connectivity index (χ0n) is 9.95. The maximum Gasteiger partial charge on any atom is 0.271 e. The van der Waals surface area contributed by atoms with Gasteiger partial charge in [-0.2, -0.15) is 4.98 Å². The summed E-state index contributed by atoms with van der Waals surface area (Å²) in [5.41, 5.74) is 6.49. The van der Waals surface area contributed by atoms with Crippen molar-refractivity contribution in [3.05, 3.63) is 58.9 Å². The van der Waals surface area contributed by atoms with E-state index in [2.05, 4.69) is 4.98 Å². The van der Waals surface area contributed by atoms with Gasteiger partial charge in [-0.15, -0.1) is 0 Å². The van der Waals surface area contributed by atoms with Crippen LogP contribution in [0.2, 0.25) is 0 Å². The maximum absolute atomic E-state index is 12.5. The quantitative estimate of drug-likeness (QED) is 0.691. The van der Waals surface area contributed by atoms with Crippen LogP contribution in [0.4, 0.5) is 5.82 Å². The van der Waals surface area contributed by atoms with Crippen LogP contribution in [0.25, 0.3) is 16.8 Å². The van der Waals surface area contributed by atoms with Crippen molar-refractivity contribution in [3.63, 3.8) is 0 Å². The molecule has 0 saturated heterocycles. The van der Waals surface area contributed by atoms with Gasteiger partial charge >= 0.3 is 0 Å². The summed E-state index contributed by atoms with van der Waals surface area (Å²) in [6.45, 7) is 0. The molecule has 0 bridgehead atoms. The topological polar surface area (TPSA) is 80.6 Å². The number of rotatable bonds is 1. The largest absolute Gasteiger partial charge is 0.493 e. The normalized spacial score (nSPS) is 10.7. The highest BCUT2D eigenvalue weighted by atomic mass is 16.3. The van der Waals surface area contributed by atoms with Gasteiger partial charge in [0.05, 0.1) is 0 Å². The molecule has 0 amide bonds. The van der Waals surface area contributed by atoms with Gasteiger partial charge in [0.25, 0.3) is 5.56 Å².